The Bertz CT molecular complexity index is 751. The predicted molar refractivity (Wildman–Crippen MR) is 83.5 cm³/mol. The van der Waals surface area contributed by atoms with Gasteiger partial charge in [0, 0.05) is 10.0 Å². The van der Waals surface area contributed by atoms with Crippen LogP contribution >= 0.6 is 23.2 Å². The summed E-state index contributed by atoms with van der Waals surface area (Å²) >= 11 is 11.7. The summed E-state index contributed by atoms with van der Waals surface area (Å²) in [7, 11) is 2.03. The van der Waals surface area contributed by atoms with Gasteiger partial charge in [0.25, 0.3) is 5.91 Å². The molecule has 0 radical (unpaired) electrons. The lowest BCUT2D eigenvalue weighted by atomic mass is 10.2. The molecule has 2 rings (SSSR count). The largest absolute Gasteiger partial charge is 0.465 e. The van der Waals surface area contributed by atoms with Crippen LogP contribution in [0.5, 0.6) is 0 Å². The molecule has 126 valence electrons. The van der Waals surface area contributed by atoms with Gasteiger partial charge in [0.2, 0.25) is 0 Å². The topological polar surface area (TPSA) is 102 Å². The molecule has 8 nitrogen and oxygen atoms in total. The summed E-state index contributed by atoms with van der Waals surface area (Å²) in [4.78, 5) is 48.8. The highest BCUT2D eigenvalue weighted by atomic mass is 35.5. The van der Waals surface area contributed by atoms with Crippen molar-refractivity contribution in [3.8, 4) is 0 Å². The molecule has 0 aliphatic carbocycles. The number of hydrogen-bond donors (Lipinski definition) is 1. The van der Waals surface area contributed by atoms with Crippen LogP contribution in [0.1, 0.15) is 0 Å². The van der Waals surface area contributed by atoms with E-state index in [1.807, 2.05) is 0 Å². The van der Waals surface area contributed by atoms with Crippen LogP contribution in [0.2, 0.25) is 10.0 Å². The van der Waals surface area contributed by atoms with Gasteiger partial charge in [0.15, 0.2) is 5.57 Å². The fourth-order valence-electron chi connectivity index (χ4n) is 1.98. The first-order chi connectivity index (χ1) is 11.3. The van der Waals surface area contributed by atoms with Crippen molar-refractivity contribution in [3.63, 3.8) is 0 Å². The van der Waals surface area contributed by atoms with E-state index in [4.69, 9.17) is 23.2 Å². The SMILES string of the molecule is COC(=O)C(C(=O)OC)=C1NC(=O)N(c2cc(Cl)cc(Cl)c2)C1=O. The number of rotatable bonds is 3. The third kappa shape index (κ3) is 3.19. The van der Waals surface area contributed by atoms with E-state index >= 15 is 0 Å². The quantitative estimate of drug-likeness (QED) is 0.284. The molecular weight excluding hydrogens is 363 g/mol. The minimum atomic E-state index is -1.13. The molecule has 24 heavy (non-hydrogen) atoms. The predicted octanol–water partition coefficient (Wildman–Crippen LogP) is 1.65. The average molecular weight is 373 g/mol. The highest BCUT2D eigenvalue weighted by molar-refractivity contribution is 6.36. The molecule has 1 heterocycles. The Labute approximate surface area is 145 Å². The molecular formula is C14H10Cl2N2O6. The number of nitrogens with zero attached hydrogens (tertiary/aromatic N) is 1. The molecule has 0 atom stereocenters. The number of halogens is 2. The molecule has 1 N–H and O–H groups in total. The third-order valence-corrected chi connectivity index (χ3v) is 3.42. The summed E-state index contributed by atoms with van der Waals surface area (Å²) in [5, 5.41) is 2.53. The Morgan fingerprint density at radius 3 is 1.96 bits per heavy atom. The molecule has 1 aromatic carbocycles. The molecule has 1 fully saturated rings. The van der Waals surface area contributed by atoms with Crippen molar-refractivity contribution in [2.24, 2.45) is 0 Å². The normalized spacial score (nSPS) is 13.7. The van der Waals surface area contributed by atoms with Gasteiger partial charge < -0.3 is 14.8 Å². The fraction of sp³-hybridized carbons (Fsp3) is 0.143. The second-order valence-electron chi connectivity index (χ2n) is 4.43. The maximum Gasteiger partial charge on any atom is 0.347 e. The van der Waals surface area contributed by atoms with Gasteiger partial charge in [-0.2, -0.15) is 0 Å². The number of ether oxygens (including phenoxy) is 2. The van der Waals surface area contributed by atoms with Gasteiger partial charge >= 0.3 is 18.0 Å². The summed E-state index contributed by atoms with van der Waals surface area (Å²) in [6, 6.07) is 3.17. The van der Waals surface area contributed by atoms with Gasteiger partial charge in [-0.3, -0.25) is 4.79 Å². The van der Waals surface area contributed by atoms with Crippen LogP contribution in [-0.4, -0.2) is 38.1 Å². The first kappa shape index (κ1) is 17.8. The maximum absolute atomic E-state index is 12.5. The van der Waals surface area contributed by atoms with Gasteiger partial charge in [-0.25, -0.2) is 19.3 Å². The molecule has 1 aliphatic rings. The van der Waals surface area contributed by atoms with Crippen LogP contribution in [0.4, 0.5) is 10.5 Å². The average Bonchev–Trinajstić information content (AvgIpc) is 2.80. The number of urea groups is 1. The van der Waals surface area contributed by atoms with Gasteiger partial charge in [-0.15, -0.1) is 0 Å². The van der Waals surface area contributed by atoms with E-state index < -0.39 is 35.1 Å². The van der Waals surface area contributed by atoms with Crippen molar-refractivity contribution in [3.05, 3.63) is 39.5 Å². The Balaban J connectivity index is 2.56. The van der Waals surface area contributed by atoms with Gasteiger partial charge in [-0.05, 0) is 18.2 Å². The molecule has 1 aromatic rings. The van der Waals surface area contributed by atoms with Crippen molar-refractivity contribution in [2.75, 3.05) is 19.1 Å². The molecule has 0 spiro atoms. The number of benzene rings is 1. The lowest BCUT2D eigenvalue weighted by molar-refractivity contribution is -0.144. The van der Waals surface area contributed by atoms with E-state index in [1.54, 1.807) is 0 Å². The standard InChI is InChI=1S/C14H10Cl2N2O6/c1-23-12(20)9(13(21)24-2)10-11(19)18(14(22)17-10)8-4-6(15)3-7(16)5-8/h3-5H,1-2H3,(H,17,22). The van der Waals surface area contributed by atoms with Crippen molar-refractivity contribution in [2.45, 2.75) is 0 Å². The summed E-state index contributed by atoms with van der Waals surface area (Å²) < 4.78 is 8.90. The summed E-state index contributed by atoms with van der Waals surface area (Å²) in [5.41, 5.74) is -1.22. The van der Waals surface area contributed by atoms with Crippen molar-refractivity contribution >= 4 is 52.8 Å². The molecule has 0 bridgehead atoms. The molecule has 1 saturated heterocycles. The highest BCUT2D eigenvalue weighted by Crippen LogP contribution is 2.29. The smallest absolute Gasteiger partial charge is 0.347 e. The number of amides is 3. The van der Waals surface area contributed by atoms with E-state index in [2.05, 4.69) is 14.8 Å². The van der Waals surface area contributed by atoms with Gasteiger partial charge in [0.05, 0.1) is 19.9 Å². The highest BCUT2D eigenvalue weighted by Gasteiger charge is 2.41. The third-order valence-electron chi connectivity index (χ3n) is 2.99. The molecule has 10 heteroatoms. The zero-order valence-corrected chi connectivity index (χ0v) is 13.9. The number of esters is 2. The van der Waals surface area contributed by atoms with Gasteiger partial charge in [0.1, 0.15) is 5.70 Å². The monoisotopic (exact) mass is 372 g/mol. The number of carbonyl (C=O) groups is 4. The summed E-state index contributed by atoms with van der Waals surface area (Å²) in [5.74, 6) is -3.21. The van der Waals surface area contributed by atoms with Crippen molar-refractivity contribution in [1.82, 2.24) is 5.32 Å². The van der Waals surface area contributed by atoms with E-state index in [0.717, 1.165) is 14.2 Å². The van der Waals surface area contributed by atoms with Crippen LogP contribution in [0.25, 0.3) is 0 Å². The zero-order chi connectivity index (χ0) is 18.0. The van der Waals surface area contributed by atoms with Crippen LogP contribution in [0, 0.1) is 0 Å². The van der Waals surface area contributed by atoms with E-state index in [9.17, 15) is 19.2 Å². The number of carbonyl (C=O) groups excluding carboxylic acids is 4. The lowest BCUT2D eigenvalue weighted by Gasteiger charge is -2.12. The van der Waals surface area contributed by atoms with Crippen LogP contribution in [0.3, 0.4) is 0 Å². The summed E-state index contributed by atoms with van der Waals surface area (Å²) in [6.07, 6.45) is 0. The minimum Gasteiger partial charge on any atom is -0.465 e. The van der Waals surface area contributed by atoms with Crippen molar-refractivity contribution in [1.29, 1.82) is 0 Å². The Morgan fingerprint density at radius 2 is 1.50 bits per heavy atom. The van der Waals surface area contributed by atoms with Crippen LogP contribution in [-0.2, 0) is 23.9 Å². The number of anilines is 1. The Hall–Kier alpha value is -2.58. The van der Waals surface area contributed by atoms with Crippen LogP contribution in [0.15, 0.2) is 29.5 Å². The molecule has 3 amide bonds. The Kier molecular flexibility index (Phi) is 5.10. The zero-order valence-electron chi connectivity index (χ0n) is 12.4. The second kappa shape index (κ2) is 6.90. The first-order valence-corrected chi connectivity index (χ1v) is 7.08. The first-order valence-electron chi connectivity index (χ1n) is 6.32. The lowest BCUT2D eigenvalue weighted by Crippen LogP contribution is -2.30. The second-order valence-corrected chi connectivity index (χ2v) is 5.30. The molecule has 1 aliphatic heterocycles. The molecule has 0 unspecified atom stereocenters. The van der Waals surface area contributed by atoms with Crippen LogP contribution < -0.4 is 10.2 Å². The minimum absolute atomic E-state index is 0.0686. The number of hydrogen-bond acceptors (Lipinski definition) is 6. The van der Waals surface area contributed by atoms with E-state index in [-0.39, 0.29) is 15.7 Å². The fourth-order valence-corrected chi connectivity index (χ4v) is 2.50. The molecule has 0 saturated carbocycles. The number of methoxy groups -OCH3 is 2. The Morgan fingerprint density at radius 1 is 1.00 bits per heavy atom. The summed E-state index contributed by atoms with van der Waals surface area (Å²) in [6.45, 7) is 0. The molecule has 0 aromatic heterocycles. The van der Waals surface area contributed by atoms with Gasteiger partial charge in [-0.1, -0.05) is 23.2 Å². The van der Waals surface area contributed by atoms with E-state index in [1.165, 1.54) is 18.2 Å². The number of imide groups is 1. The van der Waals surface area contributed by atoms with Crippen molar-refractivity contribution < 1.29 is 28.7 Å². The number of nitrogens with one attached hydrogen (secondary N) is 1. The van der Waals surface area contributed by atoms with E-state index in [0.29, 0.717) is 4.90 Å². The maximum atomic E-state index is 12.5.